The molecule has 92 valence electrons. The van der Waals surface area contributed by atoms with Gasteiger partial charge in [0.25, 0.3) is 0 Å². The van der Waals surface area contributed by atoms with Crippen LogP contribution in [0.4, 0.5) is 0 Å². The van der Waals surface area contributed by atoms with Crippen molar-refractivity contribution in [3.05, 3.63) is 59.7 Å². The summed E-state index contributed by atoms with van der Waals surface area (Å²) in [5.74, 6) is 0.329. The van der Waals surface area contributed by atoms with Crippen LogP contribution < -0.4 is 4.74 Å². The van der Waals surface area contributed by atoms with Crippen LogP contribution >= 0.6 is 0 Å². The summed E-state index contributed by atoms with van der Waals surface area (Å²) in [6.07, 6.45) is 0.237. The Kier molecular flexibility index (Phi) is 3.63. The molecule has 3 nitrogen and oxygen atoms in total. The molecule has 2 rings (SSSR count). The van der Waals surface area contributed by atoms with Crippen LogP contribution in [0.15, 0.2) is 48.5 Å². The fourth-order valence-electron chi connectivity index (χ4n) is 1.62. The minimum Gasteiger partial charge on any atom is -0.508 e. The van der Waals surface area contributed by atoms with Gasteiger partial charge in [-0.1, -0.05) is 30.3 Å². The van der Waals surface area contributed by atoms with Crippen molar-refractivity contribution in [3.63, 3.8) is 0 Å². The van der Waals surface area contributed by atoms with E-state index in [0.717, 1.165) is 5.56 Å². The summed E-state index contributed by atoms with van der Waals surface area (Å²) in [4.78, 5) is 11.7. The zero-order valence-electron chi connectivity index (χ0n) is 10.1. The second-order valence-electron chi connectivity index (χ2n) is 4.08. The predicted octanol–water partition coefficient (Wildman–Crippen LogP) is 2.85. The Morgan fingerprint density at radius 1 is 1.17 bits per heavy atom. The van der Waals surface area contributed by atoms with E-state index >= 15 is 0 Å². The number of hydrogen-bond acceptors (Lipinski definition) is 3. The highest BCUT2D eigenvalue weighted by molar-refractivity contribution is 5.75. The van der Waals surface area contributed by atoms with Gasteiger partial charge in [-0.25, -0.2) is 0 Å². The van der Waals surface area contributed by atoms with Gasteiger partial charge in [0, 0.05) is 0 Å². The molecule has 0 fully saturated rings. The first-order chi connectivity index (χ1) is 8.65. The van der Waals surface area contributed by atoms with Crippen LogP contribution in [0.5, 0.6) is 11.5 Å². The van der Waals surface area contributed by atoms with E-state index in [4.69, 9.17) is 4.74 Å². The average Bonchev–Trinajstić information content (AvgIpc) is 2.35. The van der Waals surface area contributed by atoms with Gasteiger partial charge in [-0.3, -0.25) is 4.79 Å². The van der Waals surface area contributed by atoms with E-state index in [1.165, 1.54) is 6.07 Å². The molecule has 0 heterocycles. The van der Waals surface area contributed by atoms with E-state index < -0.39 is 0 Å². The first kappa shape index (κ1) is 12.2. The molecular weight excluding hydrogens is 228 g/mol. The normalized spacial score (nSPS) is 10.1. The van der Waals surface area contributed by atoms with Crippen LogP contribution in [0.3, 0.4) is 0 Å². The van der Waals surface area contributed by atoms with E-state index in [2.05, 4.69) is 0 Å². The molecule has 3 heteroatoms. The number of aryl methyl sites for hydroxylation is 1. The number of phenols is 1. The quantitative estimate of drug-likeness (QED) is 0.665. The lowest BCUT2D eigenvalue weighted by atomic mass is 10.1. The minimum atomic E-state index is -0.314. The van der Waals surface area contributed by atoms with Crippen LogP contribution in [0.25, 0.3) is 0 Å². The van der Waals surface area contributed by atoms with Gasteiger partial charge in [0.1, 0.15) is 11.5 Å². The standard InChI is InChI=1S/C15H14O3/c1-11-9-13(7-8-14(11)16)18-15(17)10-12-5-3-2-4-6-12/h2-9,16H,10H2,1H3. The molecule has 0 atom stereocenters. The molecule has 18 heavy (non-hydrogen) atoms. The molecule has 0 bridgehead atoms. The molecule has 0 aromatic heterocycles. The molecule has 0 saturated heterocycles. The Morgan fingerprint density at radius 2 is 1.89 bits per heavy atom. The maximum atomic E-state index is 11.7. The topological polar surface area (TPSA) is 46.5 Å². The summed E-state index contributed by atoms with van der Waals surface area (Å²) in [6, 6.07) is 14.1. The SMILES string of the molecule is Cc1cc(OC(=O)Cc2ccccc2)ccc1O. The zero-order chi connectivity index (χ0) is 13.0. The van der Waals surface area contributed by atoms with Crippen LogP contribution in [0, 0.1) is 6.92 Å². The molecule has 0 radical (unpaired) electrons. The second-order valence-corrected chi connectivity index (χ2v) is 4.08. The highest BCUT2D eigenvalue weighted by Crippen LogP contribution is 2.22. The number of rotatable bonds is 3. The summed E-state index contributed by atoms with van der Waals surface area (Å²) in [5.41, 5.74) is 1.60. The predicted molar refractivity (Wildman–Crippen MR) is 68.6 cm³/mol. The Bertz CT molecular complexity index is 547. The molecule has 2 aromatic rings. The van der Waals surface area contributed by atoms with Gasteiger partial charge in [-0.15, -0.1) is 0 Å². The van der Waals surface area contributed by atoms with Crippen LogP contribution in [0.2, 0.25) is 0 Å². The Labute approximate surface area is 106 Å². The van der Waals surface area contributed by atoms with E-state index in [1.807, 2.05) is 30.3 Å². The third-order valence-corrected chi connectivity index (χ3v) is 2.59. The van der Waals surface area contributed by atoms with Crippen molar-refractivity contribution in [2.24, 2.45) is 0 Å². The third-order valence-electron chi connectivity index (χ3n) is 2.59. The van der Waals surface area contributed by atoms with Crippen molar-refractivity contribution in [2.45, 2.75) is 13.3 Å². The number of hydrogen-bond donors (Lipinski definition) is 1. The lowest BCUT2D eigenvalue weighted by molar-refractivity contribution is -0.133. The summed E-state index contributed by atoms with van der Waals surface area (Å²) in [7, 11) is 0. The molecule has 0 amide bonds. The van der Waals surface area contributed by atoms with E-state index in [9.17, 15) is 9.90 Å². The Hall–Kier alpha value is -2.29. The van der Waals surface area contributed by atoms with Gasteiger partial charge in [0.05, 0.1) is 6.42 Å². The monoisotopic (exact) mass is 242 g/mol. The minimum absolute atomic E-state index is 0.192. The van der Waals surface area contributed by atoms with Crippen molar-refractivity contribution in [3.8, 4) is 11.5 Å². The zero-order valence-corrected chi connectivity index (χ0v) is 10.1. The van der Waals surface area contributed by atoms with Crippen molar-refractivity contribution in [2.75, 3.05) is 0 Å². The summed E-state index contributed by atoms with van der Waals surface area (Å²) >= 11 is 0. The largest absolute Gasteiger partial charge is 0.508 e. The molecule has 0 spiro atoms. The average molecular weight is 242 g/mol. The smallest absolute Gasteiger partial charge is 0.315 e. The fraction of sp³-hybridized carbons (Fsp3) is 0.133. The molecule has 1 N–H and O–H groups in total. The highest BCUT2D eigenvalue weighted by Gasteiger charge is 2.07. The molecule has 0 saturated carbocycles. The number of phenolic OH excluding ortho intramolecular Hbond substituents is 1. The van der Waals surface area contributed by atoms with Crippen LogP contribution in [-0.4, -0.2) is 11.1 Å². The molecule has 0 aliphatic carbocycles. The lowest BCUT2D eigenvalue weighted by Gasteiger charge is -2.06. The number of ether oxygens (including phenoxy) is 1. The fourth-order valence-corrected chi connectivity index (χ4v) is 1.62. The third kappa shape index (κ3) is 3.10. The van der Waals surface area contributed by atoms with Crippen molar-refractivity contribution < 1.29 is 14.6 Å². The Morgan fingerprint density at radius 3 is 2.56 bits per heavy atom. The van der Waals surface area contributed by atoms with E-state index in [1.54, 1.807) is 19.1 Å². The van der Waals surface area contributed by atoms with Gasteiger partial charge in [0.2, 0.25) is 0 Å². The first-order valence-electron chi connectivity index (χ1n) is 5.69. The summed E-state index contributed by atoms with van der Waals surface area (Å²) in [6.45, 7) is 1.75. The molecule has 0 aliphatic heterocycles. The maximum absolute atomic E-state index is 11.7. The number of aromatic hydroxyl groups is 1. The van der Waals surface area contributed by atoms with Crippen LogP contribution in [-0.2, 0) is 11.2 Å². The number of esters is 1. The van der Waals surface area contributed by atoms with Crippen molar-refractivity contribution in [1.29, 1.82) is 0 Å². The van der Waals surface area contributed by atoms with Gasteiger partial charge in [-0.05, 0) is 36.2 Å². The second kappa shape index (κ2) is 5.36. The molecular formula is C15H14O3. The first-order valence-corrected chi connectivity index (χ1v) is 5.69. The van der Waals surface area contributed by atoms with Crippen molar-refractivity contribution in [1.82, 2.24) is 0 Å². The lowest BCUT2D eigenvalue weighted by Crippen LogP contribution is -2.11. The van der Waals surface area contributed by atoms with Crippen LogP contribution in [0.1, 0.15) is 11.1 Å². The number of carbonyl (C=O) groups is 1. The molecule has 0 aliphatic rings. The van der Waals surface area contributed by atoms with Crippen molar-refractivity contribution >= 4 is 5.97 Å². The van der Waals surface area contributed by atoms with Gasteiger partial charge in [0.15, 0.2) is 0 Å². The summed E-state index contributed by atoms with van der Waals surface area (Å²) < 4.78 is 5.20. The van der Waals surface area contributed by atoms with Gasteiger partial charge >= 0.3 is 5.97 Å². The highest BCUT2D eigenvalue weighted by atomic mass is 16.5. The number of benzene rings is 2. The Balaban J connectivity index is 2.01. The summed E-state index contributed by atoms with van der Waals surface area (Å²) in [5, 5.41) is 9.37. The van der Waals surface area contributed by atoms with E-state index in [-0.39, 0.29) is 18.1 Å². The maximum Gasteiger partial charge on any atom is 0.315 e. The van der Waals surface area contributed by atoms with Gasteiger partial charge < -0.3 is 9.84 Å². The van der Waals surface area contributed by atoms with E-state index in [0.29, 0.717) is 11.3 Å². The molecule has 0 unspecified atom stereocenters. The molecule has 2 aromatic carbocycles. The number of carbonyl (C=O) groups excluding carboxylic acids is 1. The van der Waals surface area contributed by atoms with Gasteiger partial charge in [-0.2, -0.15) is 0 Å².